The summed E-state index contributed by atoms with van der Waals surface area (Å²) in [4.78, 5) is 5.27. The lowest BCUT2D eigenvalue weighted by Gasteiger charge is -2.07. The van der Waals surface area contributed by atoms with E-state index in [1.165, 1.54) is 23.5 Å². The highest BCUT2D eigenvalue weighted by Crippen LogP contribution is 2.28. The summed E-state index contributed by atoms with van der Waals surface area (Å²) in [5.74, 6) is 0. The molecule has 0 bridgehead atoms. The van der Waals surface area contributed by atoms with Gasteiger partial charge in [0.05, 0.1) is 5.69 Å². The minimum Gasteiger partial charge on any atom is -0.399 e. The lowest BCUT2D eigenvalue weighted by molar-refractivity contribution is 0.600. The smallest absolute Gasteiger partial charge is 0.264 e. The Morgan fingerprint density at radius 2 is 2.05 bits per heavy atom. The van der Waals surface area contributed by atoms with Crippen LogP contribution in [0.5, 0.6) is 0 Å². The first-order valence-electron chi connectivity index (χ1n) is 5.31. The van der Waals surface area contributed by atoms with Gasteiger partial charge in [-0.05, 0) is 48.0 Å². The Labute approximate surface area is 124 Å². The predicted octanol–water partition coefficient (Wildman–Crippen LogP) is 2.91. The van der Waals surface area contributed by atoms with Gasteiger partial charge in [-0.15, -0.1) is 11.3 Å². The fourth-order valence-corrected chi connectivity index (χ4v) is 4.57. The second-order valence-electron chi connectivity index (χ2n) is 3.96. The molecule has 0 unspecified atom stereocenters. The van der Waals surface area contributed by atoms with E-state index in [2.05, 4.69) is 25.6 Å². The van der Waals surface area contributed by atoms with E-state index >= 15 is 0 Å². The molecule has 0 aliphatic carbocycles. The van der Waals surface area contributed by atoms with Crippen LogP contribution in [0, 0.1) is 13.8 Å². The molecule has 0 saturated heterocycles. The molecule has 3 N–H and O–H groups in total. The summed E-state index contributed by atoms with van der Waals surface area (Å²) < 4.78 is 27.4. The Bertz CT molecular complexity index is 706. The molecule has 0 saturated carbocycles. The number of thiazole rings is 1. The van der Waals surface area contributed by atoms with Gasteiger partial charge < -0.3 is 5.73 Å². The summed E-state index contributed by atoms with van der Waals surface area (Å²) in [5, 5.41) is 0.360. The highest BCUT2D eigenvalue weighted by molar-refractivity contribution is 9.10. The maximum atomic E-state index is 12.2. The fraction of sp³-hybridized carbons (Fsp3) is 0.182. The number of anilines is 2. The molecule has 0 aliphatic heterocycles. The fourth-order valence-electron chi connectivity index (χ4n) is 1.42. The SMILES string of the molecule is Cc1nc(NS(=O)(=O)c2ccc(N)cc2Br)sc1C. The Hall–Kier alpha value is -1.12. The van der Waals surface area contributed by atoms with E-state index in [1.807, 2.05) is 13.8 Å². The van der Waals surface area contributed by atoms with Gasteiger partial charge in [0.25, 0.3) is 10.0 Å². The highest BCUT2D eigenvalue weighted by atomic mass is 79.9. The quantitative estimate of drug-likeness (QED) is 0.823. The zero-order chi connectivity index (χ0) is 14.2. The first kappa shape index (κ1) is 14.3. The highest BCUT2D eigenvalue weighted by Gasteiger charge is 2.19. The second-order valence-corrected chi connectivity index (χ2v) is 7.66. The van der Waals surface area contributed by atoms with E-state index in [0.29, 0.717) is 15.3 Å². The number of halogens is 1. The van der Waals surface area contributed by atoms with E-state index < -0.39 is 10.0 Å². The van der Waals surface area contributed by atoms with Gasteiger partial charge in [0.2, 0.25) is 0 Å². The molecular weight excluding hydrogens is 350 g/mol. The minimum absolute atomic E-state index is 0.132. The minimum atomic E-state index is -3.67. The molecule has 5 nitrogen and oxygen atoms in total. The van der Waals surface area contributed by atoms with Crippen LogP contribution < -0.4 is 10.5 Å². The van der Waals surface area contributed by atoms with Crippen molar-refractivity contribution in [3.05, 3.63) is 33.2 Å². The Morgan fingerprint density at radius 3 is 2.58 bits per heavy atom. The van der Waals surface area contributed by atoms with E-state index in [4.69, 9.17) is 5.73 Å². The number of aryl methyl sites for hydroxylation is 2. The van der Waals surface area contributed by atoms with Crippen molar-refractivity contribution in [2.24, 2.45) is 0 Å². The summed E-state index contributed by atoms with van der Waals surface area (Å²) in [7, 11) is -3.67. The van der Waals surface area contributed by atoms with Crippen molar-refractivity contribution in [1.82, 2.24) is 4.98 Å². The Kier molecular flexibility index (Phi) is 3.84. The summed E-state index contributed by atoms with van der Waals surface area (Å²) in [6.07, 6.45) is 0. The number of nitrogens with two attached hydrogens (primary N) is 1. The largest absolute Gasteiger partial charge is 0.399 e. The average Bonchev–Trinajstić information content (AvgIpc) is 2.56. The monoisotopic (exact) mass is 361 g/mol. The van der Waals surface area contributed by atoms with Crippen molar-refractivity contribution in [3.8, 4) is 0 Å². The van der Waals surface area contributed by atoms with Gasteiger partial charge >= 0.3 is 0 Å². The molecule has 102 valence electrons. The lowest BCUT2D eigenvalue weighted by atomic mass is 10.3. The molecule has 1 heterocycles. The van der Waals surface area contributed by atoms with Crippen LogP contribution in [-0.4, -0.2) is 13.4 Å². The standard InChI is InChI=1S/C11H12BrN3O2S2/c1-6-7(2)18-11(14-6)15-19(16,17)10-4-3-8(13)5-9(10)12/h3-5H,13H2,1-2H3,(H,14,15). The number of nitrogens with one attached hydrogen (secondary N) is 1. The van der Waals surface area contributed by atoms with Gasteiger partial charge in [-0.1, -0.05) is 0 Å². The molecule has 0 radical (unpaired) electrons. The van der Waals surface area contributed by atoms with Crippen LogP contribution >= 0.6 is 27.3 Å². The summed E-state index contributed by atoms with van der Waals surface area (Å²) in [6, 6.07) is 4.54. The number of benzene rings is 1. The van der Waals surface area contributed by atoms with Crippen molar-refractivity contribution in [2.45, 2.75) is 18.7 Å². The van der Waals surface area contributed by atoms with Crippen LogP contribution in [-0.2, 0) is 10.0 Å². The first-order chi connectivity index (χ1) is 8.79. The third-order valence-corrected chi connectivity index (χ3v) is 5.93. The zero-order valence-electron chi connectivity index (χ0n) is 10.3. The van der Waals surface area contributed by atoms with Crippen molar-refractivity contribution < 1.29 is 8.42 Å². The summed E-state index contributed by atoms with van der Waals surface area (Å²) in [5.41, 5.74) is 6.90. The van der Waals surface area contributed by atoms with Crippen molar-refractivity contribution in [3.63, 3.8) is 0 Å². The van der Waals surface area contributed by atoms with Gasteiger partial charge in [0, 0.05) is 15.0 Å². The van der Waals surface area contributed by atoms with Crippen LogP contribution in [0.2, 0.25) is 0 Å². The molecule has 1 aromatic carbocycles. The molecule has 0 atom stereocenters. The normalized spacial score (nSPS) is 11.5. The topological polar surface area (TPSA) is 85.1 Å². The third kappa shape index (κ3) is 3.07. The number of hydrogen-bond donors (Lipinski definition) is 2. The van der Waals surface area contributed by atoms with E-state index in [1.54, 1.807) is 6.07 Å². The lowest BCUT2D eigenvalue weighted by Crippen LogP contribution is -2.13. The van der Waals surface area contributed by atoms with Gasteiger partial charge in [-0.3, -0.25) is 4.72 Å². The Morgan fingerprint density at radius 1 is 1.37 bits per heavy atom. The number of nitrogen functional groups attached to an aromatic ring is 1. The van der Waals surface area contributed by atoms with Gasteiger partial charge in [-0.2, -0.15) is 0 Å². The van der Waals surface area contributed by atoms with Gasteiger partial charge in [0.1, 0.15) is 4.90 Å². The van der Waals surface area contributed by atoms with Gasteiger partial charge in [0.15, 0.2) is 5.13 Å². The molecular formula is C11H12BrN3O2S2. The van der Waals surface area contributed by atoms with E-state index in [9.17, 15) is 8.42 Å². The number of rotatable bonds is 3. The zero-order valence-corrected chi connectivity index (χ0v) is 13.5. The van der Waals surface area contributed by atoms with Crippen molar-refractivity contribution in [2.75, 3.05) is 10.5 Å². The first-order valence-corrected chi connectivity index (χ1v) is 8.41. The molecule has 2 rings (SSSR count). The maximum absolute atomic E-state index is 12.2. The number of hydrogen-bond acceptors (Lipinski definition) is 5. The van der Waals surface area contributed by atoms with E-state index in [0.717, 1.165) is 10.6 Å². The molecule has 0 fully saturated rings. The number of sulfonamides is 1. The Balaban J connectivity index is 2.37. The van der Waals surface area contributed by atoms with E-state index in [-0.39, 0.29) is 4.90 Å². The third-order valence-electron chi connectivity index (χ3n) is 2.50. The summed E-state index contributed by atoms with van der Waals surface area (Å²) >= 11 is 4.50. The van der Waals surface area contributed by atoms with Crippen LogP contribution in [0.25, 0.3) is 0 Å². The van der Waals surface area contributed by atoms with Gasteiger partial charge in [-0.25, -0.2) is 13.4 Å². The summed E-state index contributed by atoms with van der Waals surface area (Å²) in [6.45, 7) is 3.73. The molecule has 8 heteroatoms. The molecule has 1 aromatic heterocycles. The second kappa shape index (κ2) is 5.10. The molecule has 0 aliphatic rings. The molecule has 2 aromatic rings. The number of nitrogens with zero attached hydrogens (tertiary/aromatic N) is 1. The van der Waals surface area contributed by atoms with Crippen LogP contribution in [0.15, 0.2) is 27.6 Å². The molecule has 19 heavy (non-hydrogen) atoms. The van der Waals surface area contributed by atoms with Crippen molar-refractivity contribution in [1.29, 1.82) is 0 Å². The maximum Gasteiger partial charge on any atom is 0.264 e. The predicted molar refractivity (Wildman–Crippen MR) is 81.0 cm³/mol. The van der Waals surface area contributed by atoms with Crippen LogP contribution in [0.1, 0.15) is 10.6 Å². The molecule has 0 spiro atoms. The van der Waals surface area contributed by atoms with Crippen LogP contribution in [0.4, 0.5) is 10.8 Å². The van der Waals surface area contributed by atoms with Crippen molar-refractivity contribution >= 4 is 48.1 Å². The average molecular weight is 362 g/mol. The van der Waals surface area contributed by atoms with Crippen LogP contribution in [0.3, 0.4) is 0 Å². The molecule has 0 amide bonds. The number of aromatic nitrogens is 1.